The number of carbonyl (C=O) groups is 1. The van der Waals surface area contributed by atoms with E-state index in [0.29, 0.717) is 30.6 Å². The smallest absolute Gasteiger partial charge is 0.416 e. The topological polar surface area (TPSA) is 49.8 Å². The van der Waals surface area contributed by atoms with E-state index in [9.17, 15) is 18.0 Å². The minimum Gasteiger partial charge on any atom is -0.487 e. The highest BCUT2D eigenvalue weighted by Gasteiger charge is 2.39. The quantitative estimate of drug-likeness (QED) is 0.739. The van der Waals surface area contributed by atoms with Gasteiger partial charge in [-0.1, -0.05) is 19.1 Å². The second-order valence-corrected chi connectivity index (χ2v) is 8.80. The monoisotopic (exact) mass is 419 g/mol. The summed E-state index contributed by atoms with van der Waals surface area (Å²) in [6.07, 6.45) is -3.87. The minimum atomic E-state index is -4.48. The van der Waals surface area contributed by atoms with Crippen molar-refractivity contribution in [2.45, 2.75) is 39.0 Å². The molecule has 2 aliphatic heterocycles. The van der Waals surface area contributed by atoms with Gasteiger partial charge < -0.3 is 14.7 Å². The molecule has 1 saturated heterocycles. The number of aliphatic carboxylic acids is 1. The highest BCUT2D eigenvalue weighted by molar-refractivity contribution is 5.77. The van der Waals surface area contributed by atoms with Crippen LogP contribution < -0.4 is 9.64 Å². The van der Waals surface area contributed by atoms with Crippen LogP contribution in [0.1, 0.15) is 31.9 Å². The van der Waals surface area contributed by atoms with Gasteiger partial charge in [-0.2, -0.15) is 13.2 Å². The molecule has 4 rings (SSSR count). The molecule has 7 heteroatoms. The lowest BCUT2D eigenvalue weighted by atomic mass is 9.81. The summed E-state index contributed by atoms with van der Waals surface area (Å²) in [4.78, 5) is 13.0. The van der Waals surface area contributed by atoms with Crippen molar-refractivity contribution >= 4 is 11.7 Å². The minimum absolute atomic E-state index is 0.135. The Labute approximate surface area is 173 Å². The van der Waals surface area contributed by atoms with Crippen molar-refractivity contribution in [3.05, 3.63) is 47.5 Å². The van der Waals surface area contributed by atoms with Gasteiger partial charge in [-0.15, -0.1) is 0 Å². The number of anilines is 1. The van der Waals surface area contributed by atoms with E-state index in [1.165, 1.54) is 6.07 Å². The van der Waals surface area contributed by atoms with E-state index in [-0.39, 0.29) is 11.7 Å². The van der Waals surface area contributed by atoms with Crippen LogP contribution in [0.3, 0.4) is 0 Å². The number of halogens is 3. The summed E-state index contributed by atoms with van der Waals surface area (Å²) in [6, 6.07) is 9.56. The number of nitrogens with zero attached hydrogens (tertiary/aromatic N) is 1. The molecular weight excluding hydrogens is 395 g/mol. The zero-order valence-corrected chi connectivity index (χ0v) is 17.1. The number of carboxylic acid groups (broad SMARTS) is 1. The molecule has 2 aromatic rings. The lowest BCUT2D eigenvalue weighted by molar-refractivity contribution is -0.142. The molecule has 1 N–H and O–H groups in total. The predicted octanol–water partition coefficient (Wildman–Crippen LogP) is 5.24. The maximum absolute atomic E-state index is 13.6. The Bertz CT molecular complexity index is 994. The molecule has 1 unspecified atom stereocenters. The maximum atomic E-state index is 13.6. The van der Waals surface area contributed by atoms with Gasteiger partial charge >= 0.3 is 12.1 Å². The summed E-state index contributed by atoms with van der Waals surface area (Å²) in [5.41, 5.74) is 1.48. The fourth-order valence-electron chi connectivity index (χ4n) is 4.02. The summed E-state index contributed by atoms with van der Waals surface area (Å²) in [5, 5.41) is 9.09. The van der Waals surface area contributed by atoms with Crippen molar-refractivity contribution in [1.82, 2.24) is 0 Å². The van der Waals surface area contributed by atoms with Crippen molar-refractivity contribution in [1.29, 1.82) is 0 Å². The molecule has 0 radical (unpaired) electrons. The largest absolute Gasteiger partial charge is 0.487 e. The van der Waals surface area contributed by atoms with Crippen LogP contribution in [0.25, 0.3) is 11.1 Å². The summed E-state index contributed by atoms with van der Waals surface area (Å²) in [5.74, 6) is -0.826. The Balaban J connectivity index is 1.77. The molecule has 2 aliphatic rings. The summed E-state index contributed by atoms with van der Waals surface area (Å²) in [6.45, 7) is 6.61. The van der Waals surface area contributed by atoms with Crippen molar-refractivity contribution in [3.8, 4) is 16.9 Å². The average molecular weight is 419 g/mol. The zero-order valence-electron chi connectivity index (χ0n) is 17.1. The van der Waals surface area contributed by atoms with Crippen LogP contribution in [0, 0.1) is 11.8 Å². The number of benzene rings is 2. The van der Waals surface area contributed by atoms with E-state index >= 15 is 0 Å². The van der Waals surface area contributed by atoms with Crippen molar-refractivity contribution in [3.63, 3.8) is 0 Å². The fraction of sp³-hybridized carbons (Fsp3) is 0.435. The number of carboxylic acids is 1. The van der Waals surface area contributed by atoms with Gasteiger partial charge in [0.25, 0.3) is 0 Å². The molecule has 4 nitrogen and oxygen atoms in total. The third-order valence-electron chi connectivity index (χ3n) is 6.36. The molecule has 1 fully saturated rings. The SMILES string of the molecule is CC1Cc2c(cc(C(F)(F)F)cc2-c2cccc(N3CC(C(=O)O)C3)c2)OC1(C)C. The van der Waals surface area contributed by atoms with Gasteiger partial charge in [0, 0.05) is 24.3 Å². The van der Waals surface area contributed by atoms with E-state index in [4.69, 9.17) is 9.84 Å². The lowest BCUT2D eigenvalue weighted by Crippen LogP contribution is -2.50. The van der Waals surface area contributed by atoms with Crippen molar-refractivity contribution in [2.75, 3.05) is 18.0 Å². The van der Waals surface area contributed by atoms with Crippen LogP contribution in [0.2, 0.25) is 0 Å². The molecule has 0 bridgehead atoms. The van der Waals surface area contributed by atoms with Crippen LogP contribution in [-0.4, -0.2) is 29.8 Å². The van der Waals surface area contributed by atoms with Gasteiger partial charge in [-0.05, 0) is 61.6 Å². The van der Waals surface area contributed by atoms with Crippen molar-refractivity contribution in [2.24, 2.45) is 11.8 Å². The molecule has 2 heterocycles. The molecule has 0 aliphatic carbocycles. The first-order valence-electron chi connectivity index (χ1n) is 9.97. The predicted molar refractivity (Wildman–Crippen MR) is 108 cm³/mol. The Kier molecular flexibility index (Phi) is 4.75. The van der Waals surface area contributed by atoms with Gasteiger partial charge in [0.2, 0.25) is 0 Å². The molecule has 0 spiro atoms. The van der Waals surface area contributed by atoms with E-state index in [1.54, 1.807) is 12.1 Å². The first kappa shape index (κ1) is 20.6. The number of hydrogen-bond acceptors (Lipinski definition) is 3. The lowest BCUT2D eigenvalue weighted by Gasteiger charge is -2.40. The maximum Gasteiger partial charge on any atom is 0.416 e. The highest BCUT2D eigenvalue weighted by Crippen LogP contribution is 2.45. The molecule has 2 aromatic carbocycles. The average Bonchev–Trinajstić information content (AvgIpc) is 2.59. The summed E-state index contributed by atoms with van der Waals surface area (Å²) >= 11 is 0. The number of alkyl halides is 3. The van der Waals surface area contributed by atoms with Gasteiger partial charge in [-0.25, -0.2) is 0 Å². The number of ether oxygens (including phenoxy) is 1. The first-order chi connectivity index (χ1) is 14.0. The van der Waals surface area contributed by atoms with E-state index in [2.05, 4.69) is 0 Å². The Hall–Kier alpha value is -2.70. The Morgan fingerprint density at radius 1 is 1.20 bits per heavy atom. The van der Waals surface area contributed by atoms with E-state index < -0.39 is 29.2 Å². The molecular formula is C23H24F3NO3. The van der Waals surface area contributed by atoms with Crippen LogP contribution >= 0.6 is 0 Å². The molecule has 0 aromatic heterocycles. The second-order valence-electron chi connectivity index (χ2n) is 8.80. The summed E-state index contributed by atoms with van der Waals surface area (Å²) < 4.78 is 46.8. The van der Waals surface area contributed by atoms with Crippen LogP contribution in [0.5, 0.6) is 5.75 Å². The summed E-state index contributed by atoms with van der Waals surface area (Å²) in [7, 11) is 0. The van der Waals surface area contributed by atoms with Gasteiger partial charge in [0.1, 0.15) is 11.4 Å². The molecule has 160 valence electrons. The van der Waals surface area contributed by atoms with Crippen molar-refractivity contribution < 1.29 is 27.8 Å². The standard InChI is InChI=1S/C23H24F3NO3/c1-13-7-19-18(9-16(23(24,25)26)10-20(19)30-22(13,2)3)14-5-4-6-17(8-14)27-11-15(12-27)21(28)29/h4-6,8-10,13,15H,7,11-12H2,1-3H3,(H,28,29). The Morgan fingerprint density at radius 3 is 2.53 bits per heavy atom. The molecule has 30 heavy (non-hydrogen) atoms. The van der Waals surface area contributed by atoms with Crippen LogP contribution in [0.15, 0.2) is 36.4 Å². The first-order valence-corrected chi connectivity index (χ1v) is 9.97. The van der Waals surface area contributed by atoms with Crippen LogP contribution in [0.4, 0.5) is 18.9 Å². The third-order valence-corrected chi connectivity index (χ3v) is 6.36. The molecule has 1 atom stereocenters. The second kappa shape index (κ2) is 6.93. The number of rotatable bonds is 3. The van der Waals surface area contributed by atoms with Crippen LogP contribution in [-0.2, 0) is 17.4 Å². The van der Waals surface area contributed by atoms with Gasteiger partial charge in [0.15, 0.2) is 0 Å². The molecule has 0 amide bonds. The zero-order chi connectivity index (χ0) is 21.8. The number of fused-ring (bicyclic) bond motifs is 1. The fourth-order valence-corrected chi connectivity index (χ4v) is 4.02. The Morgan fingerprint density at radius 2 is 1.90 bits per heavy atom. The van der Waals surface area contributed by atoms with E-state index in [1.807, 2.05) is 37.8 Å². The molecule has 0 saturated carbocycles. The normalized spacial score (nSPS) is 20.9. The number of hydrogen-bond donors (Lipinski definition) is 1. The van der Waals surface area contributed by atoms with E-state index in [0.717, 1.165) is 17.3 Å². The third kappa shape index (κ3) is 3.61. The van der Waals surface area contributed by atoms with Gasteiger partial charge in [-0.3, -0.25) is 4.79 Å². The highest BCUT2D eigenvalue weighted by atomic mass is 19.4. The van der Waals surface area contributed by atoms with Gasteiger partial charge in [0.05, 0.1) is 11.5 Å².